The second kappa shape index (κ2) is 9.01. The topological polar surface area (TPSA) is 58.2 Å². The quantitative estimate of drug-likeness (QED) is 0.622. The Morgan fingerprint density at radius 2 is 1.48 bits per heavy atom. The molecule has 0 saturated heterocycles. The van der Waals surface area contributed by atoms with Crippen LogP contribution >= 0.6 is 11.6 Å². The molecule has 0 aliphatic rings. The summed E-state index contributed by atoms with van der Waals surface area (Å²) in [5.74, 6) is -0.331. The molecule has 4 nitrogen and oxygen atoms in total. The molecule has 3 aromatic rings. The van der Waals surface area contributed by atoms with Crippen molar-refractivity contribution in [2.75, 3.05) is 10.6 Å². The highest BCUT2D eigenvalue weighted by molar-refractivity contribution is 6.31. The lowest BCUT2D eigenvalue weighted by atomic mass is 10.1. The van der Waals surface area contributed by atoms with E-state index in [0.29, 0.717) is 34.8 Å². The maximum absolute atomic E-state index is 12.3. The van der Waals surface area contributed by atoms with E-state index >= 15 is 0 Å². The lowest BCUT2D eigenvalue weighted by Crippen LogP contribution is -2.14. The Balaban J connectivity index is 1.58. The summed E-state index contributed by atoms with van der Waals surface area (Å²) < 4.78 is 0. The number of amides is 2. The van der Waals surface area contributed by atoms with Gasteiger partial charge in [-0.3, -0.25) is 9.59 Å². The van der Waals surface area contributed by atoms with Crippen LogP contribution in [0, 0.1) is 0 Å². The Bertz CT molecular complexity index is 942. The van der Waals surface area contributed by atoms with E-state index in [1.165, 1.54) is 0 Å². The largest absolute Gasteiger partial charge is 0.326 e. The number of rotatable bonds is 6. The van der Waals surface area contributed by atoms with Crippen molar-refractivity contribution >= 4 is 34.8 Å². The molecule has 0 unspecified atom stereocenters. The number of nitrogens with one attached hydrogen (secondary N) is 2. The zero-order valence-electron chi connectivity index (χ0n) is 14.6. The van der Waals surface area contributed by atoms with E-state index in [-0.39, 0.29) is 11.8 Å². The van der Waals surface area contributed by atoms with Crippen LogP contribution in [0.15, 0.2) is 78.9 Å². The molecule has 0 saturated carbocycles. The molecule has 0 fully saturated rings. The Morgan fingerprint density at radius 1 is 0.778 bits per heavy atom. The summed E-state index contributed by atoms with van der Waals surface area (Å²) in [6, 6.07) is 23.7. The average molecular weight is 379 g/mol. The number of anilines is 2. The van der Waals surface area contributed by atoms with Gasteiger partial charge in [-0.15, -0.1) is 0 Å². The zero-order valence-corrected chi connectivity index (χ0v) is 15.4. The first-order chi connectivity index (χ1) is 13.1. The molecule has 0 radical (unpaired) electrons. The molecule has 0 atom stereocenters. The highest BCUT2D eigenvalue weighted by Gasteiger charge is 2.08. The van der Waals surface area contributed by atoms with E-state index in [1.807, 2.05) is 30.3 Å². The fraction of sp³-hybridized carbons (Fsp3) is 0.0909. The molecule has 2 amide bonds. The van der Waals surface area contributed by atoms with Crippen molar-refractivity contribution in [3.05, 3.63) is 95.0 Å². The van der Waals surface area contributed by atoms with E-state index < -0.39 is 0 Å². The Labute approximate surface area is 163 Å². The van der Waals surface area contributed by atoms with E-state index in [0.717, 1.165) is 5.56 Å². The van der Waals surface area contributed by atoms with Gasteiger partial charge in [0.25, 0.3) is 5.91 Å². The van der Waals surface area contributed by atoms with Crippen molar-refractivity contribution in [1.82, 2.24) is 0 Å². The summed E-state index contributed by atoms with van der Waals surface area (Å²) in [4.78, 5) is 24.5. The van der Waals surface area contributed by atoms with Crippen LogP contribution < -0.4 is 10.6 Å². The molecular weight excluding hydrogens is 360 g/mol. The first kappa shape index (κ1) is 18.7. The standard InChI is InChI=1S/C22H19ClN2O2/c23-18-9-4-8-17(14-18)22(27)25-20-11-5-10-19(15-20)24-21(26)13-12-16-6-2-1-3-7-16/h1-11,14-15H,12-13H2,(H,24,26)(H,25,27). The van der Waals surface area contributed by atoms with Gasteiger partial charge >= 0.3 is 0 Å². The second-order valence-electron chi connectivity index (χ2n) is 6.08. The van der Waals surface area contributed by atoms with Crippen LogP contribution in [0.3, 0.4) is 0 Å². The minimum atomic E-state index is -0.259. The highest BCUT2D eigenvalue weighted by Crippen LogP contribution is 2.18. The average Bonchev–Trinajstić information content (AvgIpc) is 2.67. The number of benzene rings is 3. The summed E-state index contributed by atoms with van der Waals surface area (Å²) in [5, 5.41) is 6.17. The Morgan fingerprint density at radius 3 is 2.22 bits per heavy atom. The van der Waals surface area contributed by atoms with Gasteiger partial charge in [0.05, 0.1) is 0 Å². The number of hydrogen-bond acceptors (Lipinski definition) is 2. The van der Waals surface area contributed by atoms with Gasteiger partial charge in [-0.2, -0.15) is 0 Å². The first-order valence-corrected chi connectivity index (χ1v) is 8.99. The Kier molecular flexibility index (Phi) is 6.23. The van der Waals surface area contributed by atoms with Crippen molar-refractivity contribution in [2.24, 2.45) is 0 Å². The van der Waals surface area contributed by atoms with Crippen LogP contribution in [-0.4, -0.2) is 11.8 Å². The fourth-order valence-electron chi connectivity index (χ4n) is 2.63. The molecular formula is C22H19ClN2O2. The number of halogens is 1. The molecule has 0 aliphatic carbocycles. The molecule has 0 heterocycles. The molecule has 0 spiro atoms. The third-order valence-electron chi connectivity index (χ3n) is 3.97. The lowest BCUT2D eigenvalue weighted by molar-refractivity contribution is -0.116. The van der Waals surface area contributed by atoms with Gasteiger partial charge in [0.2, 0.25) is 5.91 Å². The van der Waals surface area contributed by atoms with Crippen molar-refractivity contribution in [1.29, 1.82) is 0 Å². The molecule has 2 N–H and O–H groups in total. The van der Waals surface area contributed by atoms with Crippen molar-refractivity contribution in [2.45, 2.75) is 12.8 Å². The highest BCUT2D eigenvalue weighted by atomic mass is 35.5. The number of carbonyl (C=O) groups is 2. The molecule has 0 aromatic heterocycles. The van der Waals surface area contributed by atoms with Crippen LogP contribution in [0.2, 0.25) is 5.02 Å². The second-order valence-corrected chi connectivity index (χ2v) is 6.52. The van der Waals surface area contributed by atoms with Gasteiger partial charge in [-0.05, 0) is 48.4 Å². The molecule has 3 rings (SSSR count). The van der Waals surface area contributed by atoms with E-state index in [1.54, 1.807) is 48.5 Å². The maximum Gasteiger partial charge on any atom is 0.255 e. The molecule has 136 valence electrons. The van der Waals surface area contributed by atoms with Crippen LogP contribution in [-0.2, 0) is 11.2 Å². The van der Waals surface area contributed by atoms with Crippen molar-refractivity contribution < 1.29 is 9.59 Å². The van der Waals surface area contributed by atoms with Gasteiger partial charge in [0.15, 0.2) is 0 Å². The third kappa shape index (κ3) is 5.69. The summed E-state index contributed by atoms with van der Waals surface area (Å²) in [6.45, 7) is 0. The van der Waals surface area contributed by atoms with E-state index in [9.17, 15) is 9.59 Å². The number of carbonyl (C=O) groups excluding carboxylic acids is 2. The molecule has 5 heteroatoms. The molecule has 27 heavy (non-hydrogen) atoms. The van der Waals surface area contributed by atoms with Crippen LogP contribution in [0.1, 0.15) is 22.3 Å². The predicted molar refractivity (Wildman–Crippen MR) is 109 cm³/mol. The third-order valence-corrected chi connectivity index (χ3v) is 4.21. The van der Waals surface area contributed by atoms with Crippen molar-refractivity contribution in [3.8, 4) is 0 Å². The van der Waals surface area contributed by atoms with Gasteiger partial charge in [-0.1, -0.05) is 54.1 Å². The minimum absolute atomic E-state index is 0.0721. The molecule has 0 bridgehead atoms. The van der Waals surface area contributed by atoms with Crippen LogP contribution in [0.25, 0.3) is 0 Å². The zero-order chi connectivity index (χ0) is 19.1. The van der Waals surface area contributed by atoms with E-state index in [2.05, 4.69) is 10.6 Å². The van der Waals surface area contributed by atoms with Gasteiger partial charge in [0.1, 0.15) is 0 Å². The van der Waals surface area contributed by atoms with E-state index in [4.69, 9.17) is 11.6 Å². The SMILES string of the molecule is O=C(CCc1ccccc1)Nc1cccc(NC(=O)c2cccc(Cl)c2)c1. The van der Waals surface area contributed by atoms with Crippen molar-refractivity contribution in [3.63, 3.8) is 0 Å². The molecule has 3 aromatic carbocycles. The molecule has 0 aliphatic heterocycles. The smallest absolute Gasteiger partial charge is 0.255 e. The summed E-state index contributed by atoms with van der Waals surface area (Å²) in [7, 11) is 0. The fourth-order valence-corrected chi connectivity index (χ4v) is 2.82. The maximum atomic E-state index is 12.3. The number of hydrogen-bond donors (Lipinski definition) is 2. The van der Waals surface area contributed by atoms with Gasteiger partial charge < -0.3 is 10.6 Å². The normalized spacial score (nSPS) is 10.3. The summed E-state index contributed by atoms with van der Waals surface area (Å²) >= 11 is 5.92. The van der Waals surface area contributed by atoms with Gasteiger partial charge in [0, 0.05) is 28.4 Å². The lowest BCUT2D eigenvalue weighted by Gasteiger charge is -2.09. The van der Waals surface area contributed by atoms with Gasteiger partial charge in [-0.25, -0.2) is 0 Å². The minimum Gasteiger partial charge on any atom is -0.326 e. The first-order valence-electron chi connectivity index (χ1n) is 8.61. The van der Waals surface area contributed by atoms with Crippen LogP contribution in [0.4, 0.5) is 11.4 Å². The summed E-state index contributed by atoms with van der Waals surface area (Å²) in [6.07, 6.45) is 1.07. The summed E-state index contributed by atoms with van der Waals surface area (Å²) in [5.41, 5.74) is 2.83. The Hall–Kier alpha value is -3.11. The van der Waals surface area contributed by atoms with Crippen LogP contribution in [0.5, 0.6) is 0 Å². The number of aryl methyl sites for hydroxylation is 1. The monoisotopic (exact) mass is 378 g/mol. The predicted octanol–water partition coefficient (Wildman–Crippen LogP) is 5.16.